The molecule has 2 amide bonds. The molecule has 0 heterocycles. The van der Waals surface area contributed by atoms with E-state index in [0.29, 0.717) is 27.8 Å². The van der Waals surface area contributed by atoms with Crippen molar-refractivity contribution in [1.82, 2.24) is 5.32 Å². The zero-order valence-electron chi connectivity index (χ0n) is 11.5. The van der Waals surface area contributed by atoms with Crippen LogP contribution >= 0.6 is 15.9 Å². The second kappa shape index (κ2) is 7.04. The molecule has 4 nitrogen and oxygen atoms in total. The van der Waals surface area contributed by atoms with E-state index in [2.05, 4.69) is 26.6 Å². The molecule has 21 heavy (non-hydrogen) atoms. The van der Waals surface area contributed by atoms with Crippen LogP contribution in [0.2, 0.25) is 0 Å². The maximum Gasteiger partial charge on any atom is 0.256 e. The van der Waals surface area contributed by atoms with Gasteiger partial charge in [-0.25, -0.2) is 0 Å². The van der Waals surface area contributed by atoms with Gasteiger partial charge in [0.25, 0.3) is 11.8 Å². The largest absolute Gasteiger partial charge is 0.352 e. The van der Waals surface area contributed by atoms with Gasteiger partial charge in [0, 0.05) is 11.0 Å². The van der Waals surface area contributed by atoms with Crippen LogP contribution in [0.15, 0.2) is 53.0 Å². The second-order valence-electron chi connectivity index (χ2n) is 4.34. The smallest absolute Gasteiger partial charge is 0.256 e. The van der Waals surface area contributed by atoms with Crippen molar-refractivity contribution in [3.05, 3.63) is 64.1 Å². The average Bonchev–Trinajstić information content (AvgIpc) is 2.48. The first-order valence-electron chi connectivity index (χ1n) is 6.56. The minimum absolute atomic E-state index is 0.208. The summed E-state index contributed by atoms with van der Waals surface area (Å²) in [4.78, 5) is 24.3. The molecule has 0 bridgehead atoms. The normalized spacial score (nSPS) is 10.0. The van der Waals surface area contributed by atoms with Crippen molar-refractivity contribution in [3.63, 3.8) is 0 Å². The Labute approximate surface area is 131 Å². The van der Waals surface area contributed by atoms with Crippen molar-refractivity contribution < 1.29 is 9.59 Å². The van der Waals surface area contributed by atoms with Gasteiger partial charge in [0.05, 0.1) is 16.8 Å². The lowest BCUT2D eigenvalue weighted by Gasteiger charge is -2.11. The van der Waals surface area contributed by atoms with Gasteiger partial charge in [-0.05, 0) is 47.1 Å². The number of halogens is 1. The van der Waals surface area contributed by atoms with Crippen LogP contribution in [-0.2, 0) is 0 Å². The molecule has 0 aromatic heterocycles. The molecule has 0 radical (unpaired) electrons. The molecule has 0 atom stereocenters. The van der Waals surface area contributed by atoms with Crippen LogP contribution in [0, 0.1) is 0 Å². The molecule has 2 rings (SSSR count). The van der Waals surface area contributed by atoms with E-state index in [-0.39, 0.29) is 11.8 Å². The first kappa shape index (κ1) is 15.3. The van der Waals surface area contributed by atoms with Crippen LogP contribution in [0.1, 0.15) is 27.6 Å². The molecular formula is C16H15BrN2O2. The summed E-state index contributed by atoms with van der Waals surface area (Å²) in [5.74, 6) is -0.472. The summed E-state index contributed by atoms with van der Waals surface area (Å²) in [6, 6.07) is 14.1. The SMILES string of the molecule is CCNC(=O)c1ccccc1NC(=O)c1ccccc1Br. The highest BCUT2D eigenvalue weighted by molar-refractivity contribution is 9.10. The number of para-hydroxylation sites is 1. The van der Waals surface area contributed by atoms with E-state index in [9.17, 15) is 9.59 Å². The Morgan fingerprint density at radius 2 is 1.57 bits per heavy atom. The average molecular weight is 347 g/mol. The fourth-order valence-electron chi connectivity index (χ4n) is 1.88. The molecule has 0 unspecified atom stereocenters. The quantitative estimate of drug-likeness (QED) is 0.890. The standard InChI is InChI=1S/C16H15BrN2O2/c1-2-18-15(20)12-8-4-6-10-14(12)19-16(21)11-7-3-5-9-13(11)17/h3-10H,2H2,1H3,(H,18,20)(H,19,21). The highest BCUT2D eigenvalue weighted by Crippen LogP contribution is 2.20. The number of rotatable bonds is 4. The summed E-state index contributed by atoms with van der Waals surface area (Å²) in [7, 11) is 0. The van der Waals surface area contributed by atoms with E-state index in [1.807, 2.05) is 13.0 Å². The van der Waals surface area contributed by atoms with Crippen molar-refractivity contribution >= 4 is 33.4 Å². The molecule has 2 aromatic carbocycles. The summed E-state index contributed by atoms with van der Waals surface area (Å²) in [5, 5.41) is 5.50. The van der Waals surface area contributed by atoms with Gasteiger partial charge in [0.2, 0.25) is 0 Å². The summed E-state index contributed by atoms with van der Waals surface area (Å²) in [6.07, 6.45) is 0. The van der Waals surface area contributed by atoms with E-state index in [0.717, 1.165) is 0 Å². The highest BCUT2D eigenvalue weighted by Gasteiger charge is 2.14. The molecule has 2 N–H and O–H groups in total. The number of hydrogen-bond donors (Lipinski definition) is 2. The molecule has 0 fully saturated rings. The van der Waals surface area contributed by atoms with E-state index >= 15 is 0 Å². The Hall–Kier alpha value is -2.14. The van der Waals surface area contributed by atoms with Crippen molar-refractivity contribution in [2.24, 2.45) is 0 Å². The second-order valence-corrected chi connectivity index (χ2v) is 5.19. The fourth-order valence-corrected chi connectivity index (χ4v) is 2.35. The number of hydrogen-bond acceptors (Lipinski definition) is 2. The number of amides is 2. The van der Waals surface area contributed by atoms with Gasteiger partial charge in [0.1, 0.15) is 0 Å². The summed E-state index contributed by atoms with van der Waals surface area (Å²) in [5.41, 5.74) is 1.45. The maximum atomic E-state index is 12.3. The molecule has 0 aliphatic carbocycles. The number of benzene rings is 2. The van der Waals surface area contributed by atoms with Gasteiger partial charge in [-0.3, -0.25) is 9.59 Å². The predicted octanol–water partition coefficient (Wildman–Crippen LogP) is 3.45. The Balaban J connectivity index is 2.26. The molecule has 0 aliphatic rings. The Morgan fingerprint density at radius 3 is 2.24 bits per heavy atom. The molecule has 2 aromatic rings. The minimum atomic E-state index is -0.265. The molecular weight excluding hydrogens is 332 g/mol. The summed E-state index contributed by atoms with van der Waals surface area (Å²) in [6.45, 7) is 2.38. The van der Waals surface area contributed by atoms with Gasteiger partial charge in [-0.2, -0.15) is 0 Å². The zero-order valence-corrected chi connectivity index (χ0v) is 13.1. The van der Waals surface area contributed by atoms with Gasteiger partial charge in [0.15, 0.2) is 0 Å². The van der Waals surface area contributed by atoms with Crippen molar-refractivity contribution in [2.75, 3.05) is 11.9 Å². The third-order valence-corrected chi connectivity index (χ3v) is 3.57. The molecule has 0 saturated carbocycles. The number of anilines is 1. The van der Waals surface area contributed by atoms with Crippen LogP contribution in [0.25, 0.3) is 0 Å². The van der Waals surface area contributed by atoms with E-state index in [1.54, 1.807) is 42.5 Å². The van der Waals surface area contributed by atoms with Gasteiger partial charge >= 0.3 is 0 Å². The number of nitrogens with one attached hydrogen (secondary N) is 2. The fraction of sp³-hybridized carbons (Fsp3) is 0.125. The minimum Gasteiger partial charge on any atom is -0.352 e. The first-order valence-corrected chi connectivity index (χ1v) is 7.36. The van der Waals surface area contributed by atoms with Crippen LogP contribution < -0.4 is 10.6 Å². The van der Waals surface area contributed by atoms with Crippen molar-refractivity contribution in [2.45, 2.75) is 6.92 Å². The van der Waals surface area contributed by atoms with Crippen LogP contribution in [-0.4, -0.2) is 18.4 Å². The molecule has 0 spiro atoms. The molecule has 108 valence electrons. The van der Waals surface area contributed by atoms with E-state index in [1.165, 1.54) is 0 Å². The third kappa shape index (κ3) is 3.70. The maximum absolute atomic E-state index is 12.3. The molecule has 5 heteroatoms. The number of carbonyl (C=O) groups is 2. The Morgan fingerprint density at radius 1 is 0.952 bits per heavy atom. The topological polar surface area (TPSA) is 58.2 Å². The monoisotopic (exact) mass is 346 g/mol. The lowest BCUT2D eigenvalue weighted by atomic mass is 10.1. The summed E-state index contributed by atoms with van der Waals surface area (Å²) >= 11 is 3.34. The molecule has 0 aliphatic heterocycles. The lowest BCUT2D eigenvalue weighted by molar-refractivity contribution is 0.0956. The predicted molar refractivity (Wildman–Crippen MR) is 86.5 cm³/mol. The highest BCUT2D eigenvalue weighted by atomic mass is 79.9. The Kier molecular flexibility index (Phi) is 5.11. The van der Waals surface area contributed by atoms with Gasteiger partial charge < -0.3 is 10.6 Å². The summed E-state index contributed by atoms with van der Waals surface area (Å²) < 4.78 is 0.706. The van der Waals surface area contributed by atoms with E-state index in [4.69, 9.17) is 0 Å². The van der Waals surface area contributed by atoms with E-state index < -0.39 is 0 Å². The third-order valence-electron chi connectivity index (χ3n) is 2.88. The first-order chi connectivity index (χ1) is 10.1. The Bertz CT molecular complexity index is 671. The molecule has 0 saturated heterocycles. The van der Waals surface area contributed by atoms with Crippen LogP contribution in [0.3, 0.4) is 0 Å². The zero-order chi connectivity index (χ0) is 15.2. The van der Waals surface area contributed by atoms with Crippen molar-refractivity contribution in [3.8, 4) is 0 Å². The van der Waals surface area contributed by atoms with Crippen LogP contribution in [0.4, 0.5) is 5.69 Å². The lowest BCUT2D eigenvalue weighted by Crippen LogP contribution is -2.24. The van der Waals surface area contributed by atoms with Gasteiger partial charge in [-0.15, -0.1) is 0 Å². The number of carbonyl (C=O) groups excluding carboxylic acids is 2. The van der Waals surface area contributed by atoms with Crippen molar-refractivity contribution in [1.29, 1.82) is 0 Å². The van der Waals surface area contributed by atoms with Crippen LogP contribution in [0.5, 0.6) is 0 Å². The van der Waals surface area contributed by atoms with Gasteiger partial charge in [-0.1, -0.05) is 24.3 Å².